The van der Waals surface area contributed by atoms with E-state index in [1.807, 2.05) is 6.07 Å². The largest absolute Gasteiger partial charge is 0.452 e. The van der Waals surface area contributed by atoms with Gasteiger partial charge in [0.15, 0.2) is 6.61 Å². The van der Waals surface area contributed by atoms with Crippen LogP contribution in [0.2, 0.25) is 0 Å². The predicted octanol–water partition coefficient (Wildman–Crippen LogP) is 2.13. The molecule has 2 aromatic carbocycles. The zero-order valence-electron chi connectivity index (χ0n) is 13.1. The van der Waals surface area contributed by atoms with Gasteiger partial charge >= 0.3 is 5.97 Å². The maximum Gasteiger partial charge on any atom is 0.338 e. The fraction of sp³-hybridized carbons (Fsp3) is 0.0588. The second kappa shape index (κ2) is 8.04. The number of non-ortho nitro benzene ring substituents is 1. The number of nitrogens with one attached hydrogen (secondary N) is 1. The van der Waals surface area contributed by atoms with Crippen molar-refractivity contribution in [1.82, 2.24) is 0 Å². The van der Waals surface area contributed by atoms with Crippen molar-refractivity contribution in [3.05, 3.63) is 69.3 Å². The van der Waals surface area contributed by atoms with E-state index in [9.17, 15) is 19.7 Å². The van der Waals surface area contributed by atoms with Gasteiger partial charge < -0.3 is 10.1 Å². The number of hydrogen-bond donors (Lipinski definition) is 1. The van der Waals surface area contributed by atoms with Gasteiger partial charge in [-0.1, -0.05) is 0 Å². The molecule has 0 radical (unpaired) electrons. The van der Waals surface area contributed by atoms with Crippen LogP contribution in [0.4, 0.5) is 11.4 Å². The molecule has 2 aromatic rings. The van der Waals surface area contributed by atoms with Crippen molar-refractivity contribution in [3.63, 3.8) is 0 Å². The average Bonchev–Trinajstić information content (AvgIpc) is 2.66. The third kappa shape index (κ3) is 4.40. The minimum Gasteiger partial charge on any atom is -0.452 e. The fourth-order valence-electron chi connectivity index (χ4n) is 1.93. The summed E-state index contributed by atoms with van der Waals surface area (Å²) in [6.07, 6.45) is 0. The van der Waals surface area contributed by atoms with Gasteiger partial charge in [-0.3, -0.25) is 14.9 Å². The number of hydrogen-bond acceptors (Lipinski definition) is 7. The van der Waals surface area contributed by atoms with E-state index in [1.54, 1.807) is 6.07 Å². The van der Waals surface area contributed by atoms with Crippen LogP contribution in [-0.4, -0.2) is 23.4 Å². The standard InChI is InChI=1S/C17H10N4O5/c18-8-11-1-3-12(4-2-11)17(23)26-10-16(22)20-15-6-5-14(21(24)25)7-13(15)9-19/h1-7H,10H2,(H,20,22). The fourth-order valence-corrected chi connectivity index (χ4v) is 1.93. The van der Waals surface area contributed by atoms with E-state index in [-0.39, 0.29) is 22.5 Å². The molecule has 0 aromatic heterocycles. The van der Waals surface area contributed by atoms with Gasteiger partial charge in [0.25, 0.3) is 11.6 Å². The van der Waals surface area contributed by atoms with Gasteiger partial charge in [-0.25, -0.2) is 4.79 Å². The van der Waals surface area contributed by atoms with E-state index in [1.165, 1.54) is 30.3 Å². The average molecular weight is 350 g/mol. The highest BCUT2D eigenvalue weighted by atomic mass is 16.6. The molecular formula is C17H10N4O5. The van der Waals surface area contributed by atoms with Crippen LogP contribution in [0, 0.1) is 32.8 Å². The van der Waals surface area contributed by atoms with E-state index in [0.717, 1.165) is 12.1 Å². The first kappa shape index (κ1) is 18.1. The molecule has 0 saturated carbocycles. The molecule has 0 spiro atoms. The van der Waals surface area contributed by atoms with Crippen LogP contribution in [0.15, 0.2) is 42.5 Å². The van der Waals surface area contributed by atoms with Crippen molar-refractivity contribution in [2.45, 2.75) is 0 Å². The second-order valence-corrected chi connectivity index (χ2v) is 4.91. The van der Waals surface area contributed by atoms with Crippen LogP contribution in [-0.2, 0) is 9.53 Å². The molecule has 0 bridgehead atoms. The van der Waals surface area contributed by atoms with Gasteiger partial charge in [-0.15, -0.1) is 0 Å². The lowest BCUT2D eigenvalue weighted by molar-refractivity contribution is -0.384. The summed E-state index contributed by atoms with van der Waals surface area (Å²) < 4.78 is 4.85. The van der Waals surface area contributed by atoms with E-state index < -0.39 is 23.4 Å². The molecule has 0 heterocycles. The van der Waals surface area contributed by atoms with Gasteiger partial charge in [-0.2, -0.15) is 10.5 Å². The summed E-state index contributed by atoms with van der Waals surface area (Å²) in [5.74, 6) is -1.47. The summed E-state index contributed by atoms with van der Waals surface area (Å²) >= 11 is 0. The minimum atomic E-state index is -0.756. The lowest BCUT2D eigenvalue weighted by atomic mass is 10.1. The lowest BCUT2D eigenvalue weighted by Crippen LogP contribution is -2.21. The van der Waals surface area contributed by atoms with Crippen molar-refractivity contribution >= 4 is 23.3 Å². The van der Waals surface area contributed by atoms with Gasteiger partial charge in [0.2, 0.25) is 0 Å². The quantitative estimate of drug-likeness (QED) is 0.493. The third-order valence-electron chi connectivity index (χ3n) is 3.19. The highest BCUT2D eigenvalue weighted by Crippen LogP contribution is 2.21. The highest BCUT2D eigenvalue weighted by molar-refractivity contribution is 5.96. The Bertz CT molecular complexity index is 955. The van der Waals surface area contributed by atoms with E-state index in [0.29, 0.717) is 5.56 Å². The maximum absolute atomic E-state index is 11.9. The van der Waals surface area contributed by atoms with E-state index in [2.05, 4.69) is 5.32 Å². The number of ether oxygens (including phenoxy) is 1. The number of esters is 1. The number of carbonyl (C=O) groups is 2. The topological polar surface area (TPSA) is 146 Å². The van der Waals surface area contributed by atoms with E-state index >= 15 is 0 Å². The molecule has 0 aliphatic heterocycles. The van der Waals surface area contributed by atoms with Crippen molar-refractivity contribution in [2.75, 3.05) is 11.9 Å². The first-order valence-corrected chi connectivity index (χ1v) is 7.10. The monoisotopic (exact) mass is 350 g/mol. The number of carbonyl (C=O) groups excluding carboxylic acids is 2. The molecule has 1 amide bonds. The Balaban J connectivity index is 1.98. The molecule has 128 valence electrons. The lowest BCUT2D eigenvalue weighted by Gasteiger charge is -2.08. The molecule has 0 aliphatic carbocycles. The summed E-state index contributed by atoms with van der Waals surface area (Å²) in [5.41, 5.74) is 0.238. The first-order valence-electron chi connectivity index (χ1n) is 7.10. The van der Waals surface area contributed by atoms with Crippen molar-refractivity contribution in [2.24, 2.45) is 0 Å². The highest BCUT2D eigenvalue weighted by Gasteiger charge is 2.14. The number of anilines is 1. The first-order chi connectivity index (χ1) is 12.4. The number of nitro groups is 1. The second-order valence-electron chi connectivity index (χ2n) is 4.91. The summed E-state index contributed by atoms with van der Waals surface area (Å²) in [7, 11) is 0. The molecule has 0 fully saturated rings. The Morgan fingerprint density at radius 3 is 2.38 bits per heavy atom. The van der Waals surface area contributed by atoms with Crippen LogP contribution in [0.3, 0.4) is 0 Å². The number of benzene rings is 2. The van der Waals surface area contributed by atoms with Crippen molar-refractivity contribution in [1.29, 1.82) is 10.5 Å². The van der Waals surface area contributed by atoms with Crippen LogP contribution < -0.4 is 5.32 Å². The summed E-state index contributed by atoms with van der Waals surface area (Å²) in [5, 5.41) is 30.7. The van der Waals surface area contributed by atoms with Gasteiger partial charge in [0.05, 0.1) is 33.4 Å². The predicted molar refractivity (Wildman–Crippen MR) is 87.9 cm³/mol. The smallest absolute Gasteiger partial charge is 0.338 e. The Kier molecular flexibility index (Phi) is 5.60. The Morgan fingerprint density at radius 2 is 1.81 bits per heavy atom. The summed E-state index contributed by atoms with van der Waals surface area (Å²) in [4.78, 5) is 33.7. The summed E-state index contributed by atoms with van der Waals surface area (Å²) in [6.45, 7) is -0.610. The molecule has 9 nitrogen and oxygen atoms in total. The molecule has 0 saturated heterocycles. The maximum atomic E-state index is 11.9. The number of nitrogens with zero attached hydrogens (tertiary/aromatic N) is 3. The third-order valence-corrected chi connectivity index (χ3v) is 3.19. The summed E-state index contributed by atoms with van der Waals surface area (Å²) in [6, 6.07) is 12.7. The molecule has 2 rings (SSSR count). The molecule has 9 heteroatoms. The molecule has 1 N–H and O–H groups in total. The van der Waals surface area contributed by atoms with Crippen molar-refractivity contribution < 1.29 is 19.2 Å². The van der Waals surface area contributed by atoms with Gasteiger partial charge in [0, 0.05) is 12.1 Å². The minimum absolute atomic E-state index is 0.0672. The van der Waals surface area contributed by atoms with Gasteiger partial charge in [-0.05, 0) is 30.3 Å². The molecule has 0 aliphatic rings. The molecule has 26 heavy (non-hydrogen) atoms. The Labute approximate surface area is 147 Å². The Morgan fingerprint density at radius 1 is 1.12 bits per heavy atom. The molecule has 0 atom stereocenters. The normalized spacial score (nSPS) is 9.46. The molecule has 0 unspecified atom stereocenters. The van der Waals surface area contributed by atoms with Crippen LogP contribution >= 0.6 is 0 Å². The zero-order valence-corrected chi connectivity index (χ0v) is 13.1. The zero-order chi connectivity index (χ0) is 19.1. The van der Waals surface area contributed by atoms with Crippen LogP contribution in [0.1, 0.15) is 21.5 Å². The number of nitriles is 2. The van der Waals surface area contributed by atoms with Crippen molar-refractivity contribution in [3.8, 4) is 12.1 Å². The number of nitro benzene ring substituents is 1. The number of rotatable bonds is 5. The van der Waals surface area contributed by atoms with Gasteiger partial charge in [0.1, 0.15) is 6.07 Å². The molecular weight excluding hydrogens is 340 g/mol. The van der Waals surface area contributed by atoms with E-state index in [4.69, 9.17) is 15.3 Å². The number of amides is 1. The van der Waals surface area contributed by atoms with Crippen LogP contribution in [0.5, 0.6) is 0 Å². The van der Waals surface area contributed by atoms with Crippen LogP contribution in [0.25, 0.3) is 0 Å². The Hall–Kier alpha value is -4.24. The SMILES string of the molecule is N#Cc1ccc(C(=O)OCC(=O)Nc2ccc([N+](=O)[O-])cc2C#N)cc1.